The molecule has 1 aromatic carbocycles. The van der Waals surface area contributed by atoms with E-state index in [4.69, 9.17) is 17.3 Å². The number of aliphatic imine (C=N–C) groups is 1. The number of benzene rings is 1. The fourth-order valence-electron chi connectivity index (χ4n) is 3.11. The summed E-state index contributed by atoms with van der Waals surface area (Å²) < 4.78 is 13.9. The summed E-state index contributed by atoms with van der Waals surface area (Å²) in [5, 5.41) is 0.617. The van der Waals surface area contributed by atoms with Crippen LogP contribution in [0.3, 0.4) is 0 Å². The lowest BCUT2D eigenvalue weighted by Gasteiger charge is -2.33. The van der Waals surface area contributed by atoms with Crippen molar-refractivity contribution in [2.45, 2.75) is 12.5 Å². The summed E-state index contributed by atoms with van der Waals surface area (Å²) in [5.41, 5.74) is 8.42. The van der Waals surface area contributed by atoms with Crippen LogP contribution in [-0.2, 0) is 16.5 Å². The Morgan fingerprint density at radius 2 is 1.96 bits per heavy atom. The van der Waals surface area contributed by atoms with Crippen LogP contribution in [0.2, 0.25) is 5.02 Å². The molecular formula is C19H19ClN4OS2. The van der Waals surface area contributed by atoms with Gasteiger partial charge in [0.25, 0.3) is 0 Å². The number of guanidine groups is 1. The van der Waals surface area contributed by atoms with E-state index < -0.39 is 16.5 Å². The van der Waals surface area contributed by atoms with E-state index in [1.54, 1.807) is 18.4 Å². The highest BCUT2D eigenvalue weighted by Gasteiger charge is 2.38. The van der Waals surface area contributed by atoms with Gasteiger partial charge in [-0.1, -0.05) is 41.9 Å². The molecule has 0 saturated carbocycles. The normalized spacial score (nSPS) is 22.7. The standard InChI is InChI=1S/C19H19ClN4OS2/c1-19(11-27(25)24(2)18(21)23-19)17-13(20)10-16(26-17)15-9-8-14(22-15)12-6-4-3-5-7-12/h3-10,22H,11H2,1-2H3,(H2,21,23)/t19-,27?/m0/s1. The van der Waals surface area contributed by atoms with E-state index in [0.29, 0.717) is 10.8 Å². The van der Waals surface area contributed by atoms with Gasteiger partial charge < -0.3 is 10.7 Å². The second-order valence-corrected chi connectivity index (χ2v) is 9.59. The molecule has 2 atom stereocenters. The summed E-state index contributed by atoms with van der Waals surface area (Å²) in [6, 6.07) is 16.2. The van der Waals surface area contributed by atoms with Gasteiger partial charge in [0, 0.05) is 12.7 Å². The average Bonchev–Trinajstić information content (AvgIpc) is 3.27. The lowest BCUT2D eigenvalue weighted by Crippen LogP contribution is -2.47. The third-order valence-corrected chi connectivity index (χ3v) is 8.04. The number of nitrogens with zero attached hydrogens (tertiary/aromatic N) is 2. The van der Waals surface area contributed by atoms with E-state index in [0.717, 1.165) is 26.7 Å². The number of nitrogens with two attached hydrogens (primary N) is 1. The van der Waals surface area contributed by atoms with E-state index in [1.165, 1.54) is 4.31 Å². The zero-order valence-corrected chi connectivity index (χ0v) is 17.3. The van der Waals surface area contributed by atoms with Gasteiger partial charge in [0.05, 0.1) is 26.2 Å². The van der Waals surface area contributed by atoms with Crippen molar-refractivity contribution >= 4 is 39.9 Å². The Balaban J connectivity index is 1.71. The zero-order chi connectivity index (χ0) is 19.2. The lowest BCUT2D eigenvalue weighted by molar-refractivity contribution is 0.524. The maximum atomic E-state index is 12.4. The second-order valence-electron chi connectivity index (χ2n) is 6.65. The minimum atomic E-state index is -1.23. The van der Waals surface area contributed by atoms with Crippen molar-refractivity contribution in [2.75, 3.05) is 12.8 Å². The van der Waals surface area contributed by atoms with Crippen molar-refractivity contribution in [1.82, 2.24) is 9.29 Å². The van der Waals surface area contributed by atoms with E-state index in [9.17, 15) is 4.21 Å². The van der Waals surface area contributed by atoms with Gasteiger partial charge in [-0.2, -0.15) is 0 Å². The molecule has 8 heteroatoms. The SMILES string of the molecule is CN1C(N)=N[C@](C)(c2sc(-c3ccc(-c4ccccc4)[nH]3)cc2Cl)CS1=O. The maximum Gasteiger partial charge on any atom is 0.204 e. The Labute approximate surface area is 169 Å². The van der Waals surface area contributed by atoms with Gasteiger partial charge in [-0.3, -0.25) is 4.31 Å². The number of rotatable bonds is 3. The van der Waals surface area contributed by atoms with Gasteiger partial charge in [-0.15, -0.1) is 11.3 Å². The largest absolute Gasteiger partial charge is 0.369 e. The van der Waals surface area contributed by atoms with Gasteiger partial charge in [-0.25, -0.2) is 9.20 Å². The molecule has 1 aliphatic heterocycles. The molecule has 140 valence electrons. The average molecular weight is 419 g/mol. The van der Waals surface area contributed by atoms with Crippen molar-refractivity contribution in [3.05, 3.63) is 58.4 Å². The fraction of sp³-hybridized carbons (Fsp3) is 0.211. The van der Waals surface area contributed by atoms with Crippen LogP contribution in [0.5, 0.6) is 0 Å². The second kappa shape index (κ2) is 6.82. The van der Waals surface area contributed by atoms with Crippen molar-refractivity contribution in [2.24, 2.45) is 10.7 Å². The van der Waals surface area contributed by atoms with E-state index in [-0.39, 0.29) is 5.96 Å². The number of hydrogen-bond donors (Lipinski definition) is 2. The fourth-order valence-corrected chi connectivity index (χ4v) is 5.94. The minimum absolute atomic E-state index is 0.263. The third kappa shape index (κ3) is 3.31. The topological polar surface area (TPSA) is 74.5 Å². The number of nitrogens with one attached hydrogen (secondary N) is 1. The van der Waals surface area contributed by atoms with Crippen LogP contribution in [-0.4, -0.2) is 32.3 Å². The molecule has 3 N–H and O–H groups in total. The number of aromatic amines is 1. The first-order valence-corrected chi connectivity index (χ1v) is 10.9. The first-order valence-electron chi connectivity index (χ1n) is 8.39. The van der Waals surface area contributed by atoms with Gasteiger partial charge in [0.15, 0.2) is 0 Å². The van der Waals surface area contributed by atoms with Crippen molar-refractivity contribution in [3.63, 3.8) is 0 Å². The van der Waals surface area contributed by atoms with Crippen LogP contribution in [0.25, 0.3) is 21.8 Å². The molecule has 4 rings (SSSR count). The molecule has 3 aromatic rings. The number of halogens is 1. The Bertz CT molecular complexity index is 1040. The van der Waals surface area contributed by atoms with Crippen LogP contribution in [0, 0.1) is 0 Å². The number of aromatic nitrogens is 1. The van der Waals surface area contributed by atoms with Crippen molar-refractivity contribution in [3.8, 4) is 21.8 Å². The molecule has 0 bridgehead atoms. The molecule has 1 aliphatic rings. The van der Waals surface area contributed by atoms with Crippen LogP contribution < -0.4 is 5.73 Å². The molecule has 5 nitrogen and oxygen atoms in total. The van der Waals surface area contributed by atoms with Crippen LogP contribution in [0.15, 0.2) is 53.5 Å². The monoisotopic (exact) mass is 418 g/mol. The van der Waals surface area contributed by atoms with Gasteiger partial charge >= 0.3 is 0 Å². The van der Waals surface area contributed by atoms with Crippen molar-refractivity contribution in [1.29, 1.82) is 0 Å². The zero-order valence-electron chi connectivity index (χ0n) is 14.9. The first kappa shape index (κ1) is 18.3. The molecule has 27 heavy (non-hydrogen) atoms. The highest BCUT2D eigenvalue weighted by molar-refractivity contribution is 7.83. The summed E-state index contributed by atoms with van der Waals surface area (Å²) in [5.74, 6) is 0.614. The minimum Gasteiger partial charge on any atom is -0.369 e. The summed E-state index contributed by atoms with van der Waals surface area (Å²) >= 11 is 8.10. The van der Waals surface area contributed by atoms with Crippen LogP contribution in [0.4, 0.5) is 0 Å². The number of H-pyrrole nitrogens is 1. The maximum absolute atomic E-state index is 12.4. The summed E-state index contributed by atoms with van der Waals surface area (Å²) in [7, 11) is 0.449. The van der Waals surface area contributed by atoms with Crippen molar-refractivity contribution < 1.29 is 4.21 Å². The van der Waals surface area contributed by atoms with Crippen LogP contribution in [0.1, 0.15) is 11.8 Å². The summed E-state index contributed by atoms with van der Waals surface area (Å²) in [6.07, 6.45) is 0. The molecule has 0 saturated heterocycles. The third-order valence-electron chi connectivity index (χ3n) is 4.61. The smallest absolute Gasteiger partial charge is 0.204 e. The molecule has 0 amide bonds. The Kier molecular flexibility index (Phi) is 4.61. The molecule has 1 unspecified atom stereocenters. The quantitative estimate of drug-likeness (QED) is 0.668. The Morgan fingerprint density at radius 1 is 1.26 bits per heavy atom. The van der Waals surface area contributed by atoms with E-state index in [2.05, 4.69) is 28.2 Å². The van der Waals surface area contributed by atoms with Gasteiger partial charge in [0.2, 0.25) is 5.96 Å². The highest BCUT2D eigenvalue weighted by atomic mass is 35.5. The van der Waals surface area contributed by atoms with E-state index in [1.807, 2.05) is 37.3 Å². The predicted octanol–water partition coefficient (Wildman–Crippen LogP) is 4.20. The Hall–Kier alpha value is -2.09. The molecule has 0 radical (unpaired) electrons. The molecule has 0 fully saturated rings. The first-order chi connectivity index (χ1) is 12.9. The number of hydrogen-bond acceptors (Lipinski definition) is 4. The predicted molar refractivity (Wildman–Crippen MR) is 114 cm³/mol. The highest BCUT2D eigenvalue weighted by Crippen LogP contribution is 2.43. The van der Waals surface area contributed by atoms with Gasteiger partial charge in [0.1, 0.15) is 16.5 Å². The summed E-state index contributed by atoms with van der Waals surface area (Å²) in [4.78, 5) is 9.91. The van der Waals surface area contributed by atoms with Gasteiger partial charge in [-0.05, 0) is 30.7 Å². The van der Waals surface area contributed by atoms with E-state index >= 15 is 0 Å². The molecule has 0 spiro atoms. The Morgan fingerprint density at radius 3 is 2.67 bits per heavy atom. The van der Waals surface area contributed by atoms with Crippen LogP contribution >= 0.6 is 22.9 Å². The summed E-state index contributed by atoms with van der Waals surface area (Å²) in [6.45, 7) is 1.93. The number of thiophene rings is 1. The molecular weight excluding hydrogens is 400 g/mol. The lowest BCUT2D eigenvalue weighted by atomic mass is 10.0. The molecule has 0 aliphatic carbocycles. The molecule has 2 aromatic heterocycles. The molecule has 3 heterocycles.